The largest absolute Gasteiger partial charge is 0.484 e. The van der Waals surface area contributed by atoms with Gasteiger partial charge in [-0.05, 0) is 44.0 Å². The van der Waals surface area contributed by atoms with E-state index in [4.69, 9.17) is 4.74 Å². The molecule has 0 spiro atoms. The summed E-state index contributed by atoms with van der Waals surface area (Å²) >= 11 is 0. The number of nitrogens with one attached hydrogen (secondary N) is 2. The Bertz CT molecular complexity index is 977. The molecule has 30 heavy (non-hydrogen) atoms. The van der Waals surface area contributed by atoms with Gasteiger partial charge in [0.2, 0.25) is 15.9 Å². The van der Waals surface area contributed by atoms with Gasteiger partial charge in [0.1, 0.15) is 5.75 Å². The summed E-state index contributed by atoms with van der Waals surface area (Å²) in [6, 6.07) is 15.5. The summed E-state index contributed by atoms with van der Waals surface area (Å²) in [4.78, 5) is 24.5. The van der Waals surface area contributed by atoms with Gasteiger partial charge in [-0.2, -0.15) is 4.31 Å². The lowest BCUT2D eigenvalue weighted by atomic mass is 9.99. The molecule has 0 bridgehead atoms. The first-order chi connectivity index (χ1) is 14.4. The van der Waals surface area contributed by atoms with Crippen molar-refractivity contribution >= 4 is 21.8 Å². The zero-order valence-electron chi connectivity index (χ0n) is 16.7. The van der Waals surface area contributed by atoms with Crippen LogP contribution in [0.15, 0.2) is 59.5 Å². The fraction of sp³-hybridized carbons (Fsp3) is 0.333. The fourth-order valence-corrected chi connectivity index (χ4v) is 4.69. The van der Waals surface area contributed by atoms with E-state index in [9.17, 15) is 18.0 Å². The molecule has 1 saturated heterocycles. The van der Waals surface area contributed by atoms with Gasteiger partial charge >= 0.3 is 0 Å². The lowest BCUT2D eigenvalue weighted by Gasteiger charge is -2.31. The first-order valence-electron chi connectivity index (χ1n) is 9.69. The van der Waals surface area contributed by atoms with E-state index in [0.29, 0.717) is 25.1 Å². The highest BCUT2D eigenvalue weighted by Crippen LogP contribution is 2.24. The SMILES string of the molecule is Cc1ccc(S(=O)(=O)N2CCCC(C(=O)NNC(=O)COc3ccccc3)C2)cc1. The van der Waals surface area contributed by atoms with E-state index < -0.39 is 27.8 Å². The van der Waals surface area contributed by atoms with E-state index >= 15 is 0 Å². The van der Waals surface area contributed by atoms with Gasteiger partial charge in [-0.1, -0.05) is 35.9 Å². The molecule has 1 fully saturated rings. The number of hydrogen-bond donors (Lipinski definition) is 2. The number of hydrazine groups is 1. The Morgan fingerprint density at radius 2 is 1.77 bits per heavy atom. The van der Waals surface area contributed by atoms with E-state index in [1.807, 2.05) is 13.0 Å². The predicted octanol–water partition coefficient (Wildman–Crippen LogP) is 1.62. The number of rotatable bonds is 6. The highest BCUT2D eigenvalue weighted by molar-refractivity contribution is 7.89. The van der Waals surface area contributed by atoms with Crippen LogP contribution in [0.4, 0.5) is 0 Å². The number of nitrogens with zero attached hydrogens (tertiary/aromatic N) is 1. The second kappa shape index (κ2) is 9.73. The van der Waals surface area contributed by atoms with Crippen LogP contribution >= 0.6 is 0 Å². The lowest BCUT2D eigenvalue weighted by molar-refractivity contribution is -0.132. The van der Waals surface area contributed by atoms with Crippen molar-refractivity contribution in [3.8, 4) is 5.75 Å². The van der Waals surface area contributed by atoms with Crippen LogP contribution in [0.5, 0.6) is 5.75 Å². The summed E-state index contributed by atoms with van der Waals surface area (Å²) in [5.74, 6) is -0.934. The Balaban J connectivity index is 1.51. The molecule has 0 radical (unpaired) electrons. The Kier molecular flexibility index (Phi) is 7.07. The third kappa shape index (κ3) is 5.58. The summed E-state index contributed by atoms with van der Waals surface area (Å²) in [6.45, 7) is 2.06. The van der Waals surface area contributed by atoms with Gasteiger partial charge in [-0.3, -0.25) is 20.4 Å². The molecular formula is C21H25N3O5S. The maximum Gasteiger partial charge on any atom is 0.276 e. The van der Waals surface area contributed by atoms with Crippen molar-refractivity contribution in [3.05, 3.63) is 60.2 Å². The molecule has 1 aliphatic rings. The second-order valence-electron chi connectivity index (χ2n) is 7.15. The number of carbonyl (C=O) groups excluding carboxylic acids is 2. The van der Waals surface area contributed by atoms with E-state index in [2.05, 4.69) is 10.9 Å². The monoisotopic (exact) mass is 431 g/mol. The van der Waals surface area contributed by atoms with Gasteiger partial charge in [0.15, 0.2) is 6.61 Å². The Morgan fingerprint density at radius 3 is 2.47 bits per heavy atom. The Morgan fingerprint density at radius 1 is 1.07 bits per heavy atom. The molecule has 2 aromatic carbocycles. The van der Waals surface area contributed by atoms with Gasteiger partial charge in [-0.25, -0.2) is 8.42 Å². The molecule has 0 saturated carbocycles. The minimum absolute atomic E-state index is 0.0679. The van der Waals surface area contributed by atoms with Gasteiger partial charge < -0.3 is 4.74 Å². The van der Waals surface area contributed by atoms with Crippen LogP contribution in [0, 0.1) is 12.8 Å². The van der Waals surface area contributed by atoms with Crippen molar-refractivity contribution in [1.82, 2.24) is 15.2 Å². The molecule has 1 atom stereocenters. The van der Waals surface area contributed by atoms with Gasteiger partial charge in [0.25, 0.3) is 5.91 Å². The molecule has 9 heteroatoms. The summed E-state index contributed by atoms with van der Waals surface area (Å²) < 4.78 is 32.4. The maximum atomic E-state index is 12.9. The molecule has 160 valence electrons. The third-order valence-corrected chi connectivity index (χ3v) is 6.73. The van der Waals surface area contributed by atoms with Crippen LogP contribution in [0.2, 0.25) is 0 Å². The topological polar surface area (TPSA) is 105 Å². The fourth-order valence-electron chi connectivity index (χ4n) is 3.17. The highest BCUT2D eigenvalue weighted by Gasteiger charge is 2.33. The molecule has 2 aromatic rings. The minimum Gasteiger partial charge on any atom is -0.484 e. The van der Waals surface area contributed by atoms with Crippen LogP contribution in [0.1, 0.15) is 18.4 Å². The normalized spacial score (nSPS) is 17.2. The number of piperidine rings is 1. The van der Waals surface area contributed by atoms with Crippen molar-refractivity contribution < 1.29 is 22.7 Å². The van der Waals surface area contributed by atoms with E-state index in [0.717, 1.165) is 5.56 Å². The first kappa shape index (κ1) is 21.8. The van der Waals surface area contributed by atoms with Crippen LogP contribution in [-0.4, -0.2) is 44.2 Å². The third-order valence-electron chi connectivity index (χ3n) is 4.85. The molecular weight excluding hydrogens is 406 g/mol. The molecule has 0 aromatic heterocycles. The quantitative estimate of drug-likeness (QED) is 0.677. The number of ether oxygens (including phenoxy) is 1. The second-order valence-corrected chi connectivity index (χ2v) is 9.09. The smallest absolute Gasteiger partial charge is 0.276 e. The standard InChI is InChI=1S/C21H25N3O5S/c1-16-9-11-19(12-10-16)30(27,28)24-13-5-6-17(14-24)21(26)23-22-20(25)15-29-18-7-3-2-4-8-18/h2-4,7-12,17H,5-6,13-15H2,1H3,(H,22,25)(H,23,26). The number of para-hydroxylation sites is 1. The molecule has 1 unspecified atom stereocenters. The van der Waals surface area contributed by atoms with Gasteiger partial charge in [-0.15, -0.1) is 0 Å². The van der Waals surface area contributed by atoms with Crippen LogP contribution in [-0.2, 0) is 19.6 Å². The number of benzene rings is 2. The number of hydrogen-bond acceptors (Lipinski definition) is 5. The van der Waals surface area contributed by atoms with Crippen molar-refractivity contribution in [1.29, 1.82) is 0 Å². The van der Waals surface area contributed by atoms with E-state index in [1.165, 1.54) is 4.31 Å². The number of aryl methyl sites for hydroxylation is 1. The number of amides is 2. The van der Waals surface area contributed by atoms with Gasteiger partial charge in [0.05, 0.1) is 10.8 Å². The molecule has 3 rings (SSSR count). The average Bonchev–Trinajstić information content (AvgIpc) is 2.77. The Hall–Kier alpha value is -2.91. The summed E-state index contributed by atoms with van der Waals surface area (Å²) in [7, 11) is -3.67. The lowest BCUT2D eigenvalue weighted by Crippen LogP contribution is -2.50. The van der Waals surface area contributed by atoms with E-state index in [1.54, 1.807) is 48.5 Å². The molecule has 2 amide bonds. The van der Waals surface area contributed by atoms with Gasteiger partial charge in [0, 0.05) is 13.1 Å². The molecule has 1 heterocycles. The molecule has 8 nitrogen and oxygen atoms in total. The summed E-state index contributed by atoms with van der Waals surface area (Å²) in [6.07, 6.45) is 1.11. The predicted molar refractivity (Wildman–Crippen MR) is 111 cm³/mol. The van der Waals surface area contributed by atoms with Crippen molar-refractivity contribution in [2.45, 2.75) is 24.7 Å². The molecule has 1 aliphatic heterocycles. The number of carbonyl (C=O) groups is 2. The average molecular weight is 432 g/mol. The van der Waals surface area contributed by atoms with Crippen LogP contribution in [0.25, 0.3) is 0 Å². The zero-order valence-corrected chi connectivity index (χ0v) is 17.5. The summed E-state index contributed by atoms with van der Waals surface area (Å²) in [5, 5.41) is 0. The maximum absolute atomic E-state index is 12.9. The van der Waals surface area contributed by atoms with Crippen LogP contribution < -0.4 is 15.6 Å². The van der Waals surface area contributed by atoms with Crippen molar-refractivity contribution in [2.24, 2.45) is 5.92 Å². The van der Waals surface area contributed by atoms with Crippen molar-refractivity contribution in [2.75, 3.05) is 19.7 Å². The van der Waals surface area contributed by atoms with Crippen LogP contribution in [0.3, 0.4) is 0 Å². The van der Waals surface area contributed by atoms with Crippen molar-refractivity contribution in [3.63, 3.8) is 0 Å². The van der Waals surface area contributed by atoms with E-state index in [-0.39, 0.29) is 18.0 Å². The highest BCUT2D eigenvalue weighted by atomic mass is 32.2. The molecule has 0 aliphatic carbocycles. The minimum atomic E-state index is -3.67. The molecule has 2 N–H and O–H groups in total. The zero-order chi connectivity index (χ0) is 21.6. The first-order valence-corrected chi connectivity index (χ1v) is 11.1. The Labute approximate surface area is 176 Å². The number of sulfonamides is 1. The summed E-state index contributed by atoms with van der Waals surface area (Å²) in [5.41, 5.74) is 5.65.